The molecular weight excluding hydrogens is 475 g/mol. The van der Waals surface area contributed by atoms with Crippen molar-refractivity contribution in [1.82, 2.24) is 14.2 Å². The van der Waals surface area contributed by atoms with Gasteiger partial charge in [0.15, 0.2) is 0 Å². The monoisotopic (exact) mass is 489 g/mol. The average Bonchev–Trinajstić information content (AvgIpc) is 2.92. The van der Waals surface area contributed by atoms with Crippen LogP contribution in [0.5, 0.6) is 0 Å². The summed E-state index contributed by atoms with van der Waals surface area (Å²) < 4.78 is 65.9. The molecule has 1 amide bonds. The van der Waals surface area contributed by atoms with Crippen LogP contribution in [0, 0.1) is 6.92 Å². The molecule has 4 rings (SSSR count). The highest BCUT2D eigenvalue weighted by atomic mass is 79.9. The van der Waals surface area contributed by atoms with Gasteiger partial charge in [0.25, 0.3) is 5.91 Å². The number of halogens is 4. The lowest BCUT2D eigenvalue weighted by molar-refractivity contribution is -0.137. The fourth-order valence-corrected chi connectivity index (χ4v) is 6.12. The SMILES string of the molecule is Cc1ccc2c(n1)C1CN(S(=O)(=O)c3ccc(C(F)(F)F)cc3Br)CCN1C2=O. The second-order valence-corrected chi connectivity index (χ2v) is 9.67. The first kappa shape index (κ1) is 20.3. The zero-order valence-electron chi connectivity index (χ0n) is 15.1. The van der Waals surface area contributed by atoms with Crippen molar-refractivity contribution in [3.05, 3.63) is 57.3 Å². The van der Waals surface area contributed by atoms with Crippen LogP contribution in [0.2, 0.25) is 0 Å². The number of amides is 1. The fourth-order valence-electron chi connectivity index (χ4n) is 3.65. The van der Waals surface area contributed by atoms with Gasteiger partial charge < -0.3 is 4.90 Å². The molecule has 2 aliphatic heterocycles. The number of piperazine rings is 1. The minimum Gasteiger partial charge on any atom is -0.327 e. The predicted octanol–water partition coefficient (Wildman–Crippen LogP) is 3.37. The van der Waals surface area contributed by atoms with E-state index in [-0.39, 0.29) is 34.9 Å². The summed E-state index contributed by atoms with van der Waals surface area (Å²) in [7, 11) is -4.07. The maximum atomic E-state index is 13.1. The lowest BCUT2D eigenvalue weighted by atomic mass is 10.1. The van der Waals surface area contributed by atoms with E-state index in [1.54, 1.807) is 24.0 Å². The third-order valence-electron chi connectivity index (χ3n) is 5.09. The number of pyridine rings is 1. The van der Waals surface area contributed by atoms with E-state index in [1.807, 2.05) is 0 Å². The molecule has 154 valence electrons. The lowest BCUT2D eigenvalue weighted by Gasteiger charge is -2.36. The Bertz CT molecular complexity index is 1120. The number of benzene rings is 1. The van der Waals surface area contributed by atoms with Crippen LogP contribution in [-0.4, -0.2) is 48.1 Å². The Morgan fingerprint density at radius 1 is 1.17 bits per heavy atom. The molecule has 0 saturated carbocycles. The summed E-state index contributed by atoms with van der Waals surface area (Å²) in [6.07, 6.45) is -4.58. The first-order chi connectivity index (χ1) is 13.5. The standard InChI is InChI=1S/C18H15BrF3N3O3S/c1-10-2-4-12-16(23-10)14-9-24(6-7-25(14)17(12)26)29(27,28)15-5-3-11(8-13(15)19)18(20,21)22/h2-5,8,14H,6-7,9H2,1H3. The molecule has 1 atom stereocenters. The van der Waals surface area contributed by atoms with E-state index in [0.29, 0.717) is 17.0 Å². The zero-order valence-corrected chi connectivity index (χ0v) is 17.5. The molecule has 11 heteroatoms. The van der Waals surface area contributed by atoms with E-state index < -0.39 is 27.8 Å². The Balaban J connectivity index is 1.67. The minimum atomic E-state index is -4.58. The Morgan fingerprint density at radius 3 is 2.55 bits per heavy atom. The molecular formula is C18H15BrF3N3O3S. The molecule has 3 heterocycles. The van der Waals surface area contributed by atoms with Crippen molar-refractivity contribution in [2.24, 2.45) is 0 Å². The number of carbonyl (C=O) groups is 1. The third kappa shape index (κ3) is 3.34. The van der Waals surface area contributed by atoms with E-state index in [9.17, 15) is 26.4 Å². The number of nitrogens with zero attached hydrogens (tertiary/aromatic N) is 3. The van der Waals surface area contributed by atoms with Crippen LogP contribution in [-0.2, 0) is 16.2 Å². The van der Waals surface area contributed by atoms with Crippen molar-refractivity contribution >= 4 is 31.9 Å². The van der Waals surface area contributed by atoms with E-state index in [0.717, 1.165) is 18.2 Å². The molecule has 1 aromatic carbocycles. The van der Waals surface area contributed by atoms with Crippen LogP contribution < -0.4 is 0 Å². The van der Waals surface area contributed by atoms with Crippen molar-refractivity contribution in [3.8, 4) is 0 Å². The van der Waals surface area contributed by atoms with Crippen LogP contribution in [0.1, 0.15) is 33.4 Å². The summed E-state index contributed by atoms with van der Waals surface area (Å²) in [5.74, 6) is -0.190. The van der Waals surface area contributed by atoms with Crippen LogP contribution in [0.25, 0.3) is 0 Å². The Labute approximate surface area is 173 Å². The molecule has 0 N–H and O–H groups in total. The van der Waals surface area contributed by atoms with Crippen LogP contribution >= 0.6 is 15.9 Å². The molecule has 1 unspecified atom stereocenters. The largest absolute Gasteiger partial charge is 0.416 e. The Morgan fingerprint density at radius 2 is 1.90 bits per heavy atom. The van der Waals surface area contributed by atoms with Crippen molar-refractivity contribution in [2.45, 2.75) is 24.0 Å². The molecule has 1 aromatic heterocycles. The topological polar surface area (TPSA) is 70.6 Å². The van der Waals surface area contributed by atoms with Gasteiger partial charge in [-0.15, -0.1) is 0 Å². The van der Waals surface area contributed by atoms with Crippen LogP contribution in [0.3, 0.4) is 0 Å². The van der Waals surface area contributed by atoms with Crippen molar-refractivity contribution in [1.29, 1.82) is 0 Å². The van der Waals surface area contributed by atoms with Crippen LogP contribution in [0.4, 0.5) is 13.2 Å². The number of rotatable bonds is 2. The predicted molar refractivity (Wildman–Crippen MR) is 101 cm³/mol. The van der Waals surface area contributed by atoms with Gasteiger partial charge >= 0.3 is 6.18 Å². The summed E-state index contributed by atoms with van der Waals surface area (Å²) in [5, 5.41) is 0. The maximum Gasteiger partial charge on any atom is 0.416 e. The van der Waals surface area contributed by atoms with E-state index in [4.69, 9.17) is 0 Å². The first-order valence-corrected chi connectivity index (χ1v) is 10.9. The number of fused-ring (bicyclic) bond motifs is 3. The molecule has 29 heavy (non-hydrogen) atoms. The summed E-state index contributed by atoms with van der Waals surface area (Å²) in [5.41, 5.74) is 0.754. The lowest BCUT2D eigenvalue weighted by Crippen LogP contribution is -2.49. The number of carbonyl (C=O) groups excluding carboxylic acids is 1. The molecule has 2 aliphatic rings. The van der Waals surface area contributed by atoms with Gasteiger partial charge in [0.1, 0.15) is 0 Å². The van der Waals surface area contributed by atoms with Gasteiger partial charge in [0.2, 0.25) is 10.0 Å². The number of alkyl halides is 3. The van der Waals surface area contributed by atoms with Crippen molar-refractivity contribution in [3.63, 3.8) is 0 Å². The smallest absolute Gasteiger partial charge is 0.327 e. The summed E-state index contributed by atoms with van der Waals surface area (Å²) in [6.45, 7) is 2.00. The Kier molecular flexibility index (Phi) is 4.74. The van der Waals surface area contributed by atoms with E-state index >= 15 is 0 Å². The number of hydrogen-bond donors (Lipinski definition) is 0. The quantitative estimate of drug-likeness (QED) is 0.648. The third-order valence-corrected chi connectivity index (χ3v) is 7.93. The summed E-state index contributed by atoms with van der Waals surface area (Å²) in [6, 6.07) is 5.33. The van der Waals surface area contributed by atoms with Crippen molar-refractivity contribution < 1.29 is 26.4 Å². The molecule has 1 saturated heterocycles. The van der Waals surface area contributed by atoms with E-state index in [2.05, 4.69) is 20.9 Å². The van der Waals surface area contributed by atoms with Gasteiger partial charge in [0, 0.05) is 29.8 Å². The molecule has 1 fully saturated rings. The van der Waals surface area contributed by atoms with Gasteiger partial charge in [-0.3, -0.25) is 9.78 Å². The highest BCUT2D eigenvalue weighted by Gasteiger charge is 2.44. The highest BCUT2D eigenvalue weighted by molar-refractivity contribution is 9.10. The first-order valence-electron chi connectivity index (χ1n) is 8.65. The number of hydrogen-bond acceptors (Lipinski definition) is 4. The zero-order chi connectivity index (χ0) is 21.1. The normalized spacial score (nSPS) is 20.0. The van der Waals surface area contributed by atoms with E-state index in [1.165, 1.54) is 4.31 Å². The van der Waals surface area contributed by atoms with Gasteiger partial charge in [-0.25, -0.2) is 8.42 Å². The molecule has 6 nitrogen and oxygen atoms in total. The second-order valence-electron chi connectivity index (χ2n) is 6.91. The summed E-state index contributed by atoms with van der Waals surface area (Å²) in [4.78, 5) is 18.3. The molecule has 0 spiro atoms. The fraction of sp³-hybridized carbons (Fsp3) is 0.333. The second kappa shape index (κ2) is 6.78. The maximum absolute atomic E-state index is 13.1. The van der Waals surface area contributed by atoms with Gasteiger partial charge in [-0.05, 0) is 53.2 Å². The molecule has 2 aromatic rings. The van der Waals surface area contributed by atoms with Gasteiger partial charge in [0.05, 0.1) is 27.8 Å². The molecule has 0 aliphatic carbocycles. The highest BCUT2D eigenvalue weighted by Crippen LogP contribution is 2.38. The molecule has 0 bridgehead atoms. The van der Waals surface area contributed by atoms with Crippen LogP contribution in [0.15, 0.2) is 39.7 Å². The average molecular weight is 490 g/mol. The summed E-state index contributed by atoms with van der Waals surface area (Å²) >= 11 is 2.96. The van der Waals surface area contributed by atoms with Gasteiger partial charge in [-0.1, -0.05) is 0 Å². The van der Waals surface area contributed by atoms with Crippen molar-refractivity contribution in [2.75, 3.05) is 19.6 Å². The number of sulfonamides is 1. The Hall–Kier alpha value is -1.98. The molecule has 0 radical (unpaired) electrons. The number of aryl methyl sites for hydroxylation is 1. The van der Waals surface area contributed by atoms with Gasteiger partial charge in [-0.2, -0.15) is 17.5 Å². The minimum absolute atomic E-state index is 0.00894. The number of aromatic nitrogens is 1.